The van der Waals surface area contributed by atoms with Gasteiger partial charge in [0.15, 0.2) is 11.6 Å². The molecule has 3 aromatic rings. The van der Waals surface area contributed by atoms with Crippen molar-refractivity contribution in [2.75, 3.05) is 11.4 Å². The summed E-state index contributed by atoms with van der Waals surface area (Å²) in [6.45, 7) is 3.69. The van der Waals surface area contributed by atoms with Gasteiger partial charge in [0.25, 0.3) is 5.91 Å². The third-order valence-corrected chi connectivity index (χ3v) is 4.06. The molecule has 0 saturated carbocycles. The standard InChI is InChI=1S/C18H15ClF2N4O/c1-3-24(14-8-9-15(20)16(21)10-14)18(26)17-22-11(2)25(23-17)13-6-4-12(19)5-7-13/h4-10H,3H2,1-2H3. The molecule has 0 bridgehead atoms. The monoisotopic (exact) mass is 376 g/mol. The van der Waals surface area contributed by atoms with Gasteiger partial charge in [0.05, 0.1) is 5.69 Å². The average molecular weight is 377 g/mol. The molecular formula is C18H15ClF2N4O. The largest absolute Gasteiger partial charge is 0.306 e. The number of carbonyl (C=O) groups is 1. The quantitative estimate of drug-likeness (QED) is 0.686. The molecule has 0 atom stereocenters. The number of hydrogen-bond donors (Lipinski definition) is 0. The molecule has 0 aliphatic rings. The van der Waals surface area contributed by atoms with Gasteiger partial charge in [-0.2, -0.15) is 0 Å². The predicted octanol–water partition coefficient (Wildman–Crippen LogP) is 4.17. The van der Waals surface area contributed by atoms with Gasteiger partial charge in [0.1, 0.15) is 5.82 Å². The molecule has 1 aromatic heterocycles. The van der Waals surface area contributed by atoms with Crippen LogP contribution in [-0.2, 0) is 0 Å². The molecule has 1 amide bonds. The van der Waals surface area contributed by atoms with Crippen LogP contribution in [0.2, 0.25) is 5.02 Å². The van der Waals surface area contributed by atoms with Gasteiger partial charge in [-0.05, 0) is 50.2 Å². The van der Waals surface area contributed by atoms with Crippen LogP contribution < -0.4 is 4.90 Å². The van der Waals surface area contributed by atoms with E-state index in [-0.39, 0.29) is 18.1 Å². The second kappa shape index (κ2) is 7.21. The second-order valence-electron chi connectivity index (χ2n) is 5.52. The van der Waals surface area contributed by atoms with E-state index in [2.05, 4.69) is 10.1 Å². The summed E-state index contributed by atoms with van der Waals surface area (Å²) >= 11 is 5.88. The maximum absolute atomic E-state index is 13.5. The van der Waals surface area contributed by atoms with Gasteiger partial charge in [0, 0.05) is 23.3 Å². The lowest BCUT2D eigenvalue weighted by atomic mass is 10.2. The summed E-state index contributed by atoms with van der Waals surface area (Å²) in [4.78, 5) is 18.3. The van der Waals surface area contributed by atoms with Crippen molar-refractivity contribution in [3.8, 4) is 5.69 Å². The lowest BCUT2D eigenvalue weighted by molar-refractivity contribution is 0.0978. The molecule has 0 saturated heterocycles. The molecular weight excluding hydrogens is 362 g/mol. The number of carbonyl (C=O) groups excluding carboxylic acids is 1. The van der Waals surface area contributed by atoms with E-state index in [0.29, 0.717) is 16.5 Å². The van der Waals surface area contributed by atoms with Crippen LogP contribution >= 0.6 is 11.6 Å². The molecule has 3 rings (SSSR count). The smallest absolute Gasteiger partial charge is 0.297 e. The van der Waals surface area contributed by atoms with Gasteiger partial charge in [0.2, 0.25) is 5.82 Å². The summed E-state index contributed by atoms with van der Waals surface area (Å²) in [5.41, 5.74) is 0.936. The van der Waals surface area contributed by atoms with Crippen LogP contribution in [0.4, 0.5) is 14.5 Å². The predicted molar refractivity (Wildman–Crippen MR) is 94.8 cm³/mol. The Morgan fingerprint density at radius 2 is 1.85 bits per heavy atom. The molecule has 0 aliphatic heterocycles. The molecule has 0 unspecified atom stereocenters. The van der Waals surface area contributed by atoms with Crippen molar-refractivity contribution in [2.24, 2.45) is 0 Å². The molecule has 26 heavy (non-hydrogen) atoms. The SMILES string of the molecule is CCN(C(=O)c1nc(C)n(-c2ccc(Cl)cc2)n1)c1ccc(F)c(F)c1. The van der Waals surface area contributed by atoms with Crippen LogP contribution in [0, 0.1) is 18.6 Å². The lowest BCUT2D eigenvalue weighted by Crippen LogP contribution is -2.31. The highest BCUT2D eigenvalue weighted by Crippen LogP contribution is 2.20. The molecule has 1 heterocycles. The molecule has 0 radical (unpaired) electrons. The van der Waals surface area contributed by atoms with Crippen molar-refractivity contribution in [3.05, 3.63) is 70.8 Å². The van der Waals surface area contributed by atoms with E-state index in [9.17, 15) is 13.6 Å². The van der Waals surface area contributed by atoms with Crippen molar-refractivity contribution >= 4 is 23.2 Å². The van der Waals surface area contributed by atoms with Gasteiger partial charge >= 0.3 is 0 Å². The van der Waals surface area contributed by atoms with Crippen molar-refractivity contribution in [3.63, 3.8) is 0 Å². The summed E-state index contributed by atoms with van der Waals surface area (Å²) in [6.07, 6.45) is 0. The zero-order chi connectivity index (χ0) is 18.8. The van der Waals surface area contributed by atoms with Gasteiger partial charge in [-0.3, -0.25) is 4.79 Å². The summed E-state index contributed by atoms with van der Waals surface area (Å²) < 4.78 is 28.2. The normalized spacial score (nSPS) is 10.8. The van der Waals surface area contributed by atoms with Crippen molar-refractivity contribution < 1.29 is 13.6 Å². The highest BCUT2D eigenvalue weighted by Gasteiger charge is 2.23. The van der Waals surface area contributed by atoms with E-state index in [4.69, 9.17) is 11.6 Å². The third-order valence-electron chi connectivity index (χ3n) is 3.81. The lowest BCUT2D eigenvalue weighted by Gasteiger charge is -2.19. The molecule has 0 aliphatic carbocycles. The zero-order valence-corrected chi connectivity index (χ0v) is 14.8. The minimum absolute atomic E-state index is 0.0379. The van der Waals surface area contributed by atoms with Crippen LogP contribution in [0.25, 0.3) is 5.69 Å². The van der Waals surface area contributed by atoms with Gasteiger partial charge in [-0.15, -0.1) is 5.10 Å². The number of anilines is 1. The van der Waals surface area contributed by atoms with Crippen molar-refractivity contribution in [1.82, 2.24) is 14.8 Å². The third kappa shape index (κ3) is 3.43. The number of halogens is 3. The minimum atomic E-state index is -1.02. The van der Waals surface area contributed by atoms with E-state index in [0.717, 1.165) is 12.1 Å². The number of aromatic nitrogens is 3. The fraction of sp³-hybridized carbons (Fsp3) is 0.167. The molecule has 5 nitrogen and oxygen atoms in total. The summed E-state index contributed by atoms with van der Waals surface area (Å²) in [6, 6.07) is 10.2. The topological polar surface area (TPSA) is 51.0 Å². The van der Waals surface area contributed by atoms with E-state index < -0.39 is 17.5 Å². The molecule has 134 valence electrons. The molecule has 0 N–H and O–H groups in total. The van der Waals surface area contributed by atoms with Crippen molar-refractivity contribution in [2.45, 2.75) is 13.8 Å². The van der Waals surface area contributed by atoms with Crippen LogP contribution in [0.5, 0.6) is 0 Å². The van der Waals surface area contributed by atoms with Crippen LogP contribution in [0.3, 0.4) is 0 Å². The van der Waals surface area contributed by atoms with Crippen LogP contribution in [0.15, 0.2) is 42.5 Å². The first-order chi connectivity index (χ1) is 12.4. The van der Waals surface area contributed by atoms with E-state index in [1.54, 1.807) is 38.1 Å². The first-order valence-electron chi connectivity index (χ1n) is 7.87. The van der Waals surface area contributed by atoms with Gasteiger partial charge in [-0.25, -0.2) is 18.4 Å². The maximum atomic E-state index is 13.5. The molecule has 0 spiro atoms. The summed E-state index contributed by atoms with van der Waals surface area (Å²) in [7, 11) is 0. The molecule has 2 aromatic carbocycles. The Morgan fingerprint density at radius 3 is 2.46 bits per heavy atom. The highest BCUT2D eigenvalue weighted by atomic mass is 35.5. The Hall–Kier alpha value is -2.80. The fourth-order valence-corrected chi connectivity index (χ4v) is 2.65. The zero-order valence-electron chi connectivity index (χ0n) is 14.1. The highest BCUT2D eigenvalue weighted by molar-refractivity contribution is 6.30. The summed E-state index contributed by atoms with van der Waals surface area (Å²) in [5, 5.41) is 4.83. The van der Waals surface area contributed by atoms with E-state index in [1.807, 2.05) is 0 Å². The number of amides is 1. The number of rotatable bonds is 4. The Morgan fingerprint density at radius 1 is 1.15 bits per heavy atom. The number of hydrogen-bond acceptors (Lipinski definition) is 3. The fourth-order valence-electron chi connectivity index (χ4n) is 2.52. The van der Waals surface area contributed by atoms with Crippen LogP contribution in [-0.4, -0.2) is 27.2 Å². The number of nitrogens with zero attached hydrogens (tertiary/aromatic N) is 4. The molecule has 0 fully saturated rings. The van der Waals surface area contributed by atoms with E-state index in [1.165, 1.54) is 15.6 Å². The van der Waals surface area contributed by atoms with Gasteiger partial charge < -0.3 is 4.90 Å². The first kappa shape index (κ1) is 18.0. The Labute approximate surface area is 153 Å². The minimum Gasteiger partial charge on any atom is -0.306 e. The Kier molecular flexibility index (Phi) is 4.99. The molecule has 8 heteroatoms. The van der Waals surface area contributed by atoms with E-state index >= 15 is 0 Å². The average Bonchev–Trinajstić information content (AvgIpc) is 3.01. The van der Waals surface area contributed by atoms with Gasteiger partial charge in [-0.1, -0.05) is 11.6 Å². The van der Waals surface area contributed by atoms with Crippen LogP contribution in [0.1, 0.15) is 23.4 Å². The Bertz CT molecular complexity index is 956. The number of benzene rings is 2. The maximum Gasteiger partial charge on any atom is 0.297 e. The second-order valence-corrected chi connectivity index (χ2v) is 5.96. The summed E-state index contributed by atoms with van der Waals surface area (Å²) in [5.74, 6) is -2.03. The Balaban J connectivity index is 1.94. The van der Waals surface area contributed by atoms with Crippen molar-refractivity contribution in [1.29, 1.82) is 0 Å². The number of aryl methyl sites for hydroxylation is 1. The first-order valence-corrected chi connectivity index (χ1v) is 8.25.